The molecule has 1 amide bonds. The molecule has 0 spiro atoms. The molecule has 0 radical (unpaired) electrons. The second-order valence-electron chi connectivity index (χ2n) is 6.73. The number of ether oxygens (including phenoxy) is 1. The molecule has 13 heteroatoms. The van der Waals surface area contributed by atoms with Gasteiger partial charge in [-0.3, -0.25) is 19.6 Å². The topological polar surface area (TPSA) is 99.3 Å². The van der Waals surface area contributed by atoms with E-state index >= 15 is 0 Å². The molecule has 0 saturated heterocycles. The number of nitrogens with one attached hydrogen (secondary N) is 1. The smallest absolute Gasteiger partial charge is 0.282 e. The molecule has 3 rings (SSSR count). The van der Waals surface area contributed by atoms with Crippen molar-refractivity contribution in [3.05, 3.63) is 75.1 Å². The van der Waals surface area contributed by atoms with Crippen LogP contribution in [0.2, 0.25) is 5.02 Å². The third kappa shape index (κ3) is 5.77. The number of rotatable bonds is 8. The molecule has 3 aromatic rings. The maximum absolute atomic E-state index is 13.2. The summed E-state index contributed by atoms with van der Waals surface area (Å²) in [5, 5.41) is 17.5. The van der Waals surface area contributed by atoms with Gasteiger partial charge in [0.2, 0.25) is 5.91 Å². The Bertz CT molecular complexity index is 1170. The van der Waals surface area contributed by atoms with Crippen molar-refractivity contribution in [3.63, 3.8) is 0 Å². The number of nitrogens with zero attached hydrogens (tertiary/aromatic N) is 3. The van der Waals surface area contributed by atoms with Crippen molar-refractivity contribution in [1.29, 1.82) is 0 Å². The molecule has 0 aliphatic rings. The molecule has 8 nitrogen and oxygen atoms in total. The summed E-state index contributed by atoms with van der Waals surface area (Å²) in [6.45, 7) is 1.17. The van der Waals surface area contributed by atoms with E-state index in [1.54, 1.807) is 0 Å². The number of hydrogen-bond donors (Lipinski definition) is 1. The van der Waals surface area contributed by atoms with Crippen LogP contribution >= 0.6 is 11.6 Å². The van der Waals surface area contributed by atoms with Crippen molar-refractivity contribution in [2.45, 2.75) is 25.8 Å². The van der Waals surface area contributed by atoms with E-state index in [0.717, 1.165) is 12.1 Å². The lowest BCUT2D eigenvalue weighted by Crippen LogP contribution is -2.26. The number of alkyl halides is 4. The van der Waals surface area contributed by atoms with Gasteiger partial charge in [-0.05, 0) is 37.3 Å². The van der Waals surface area contributed by atoms with Crippen LogP contribution in [0.5, 0.6) is 11.5 Å². The molecular formula is C20H15ClF4N4O4. The summed E-state index contributed by atoms with van der Waals surface area (Å²) in [6, 6.07) is 8.62. The van der Waals surface area contributed by atoms with E-state index in [2.05, 4.69) is 10.4 Å². The Balaban J connectivity index is 1.87. The Morgan fingerprint density at radius 3 is 2.33 bits per heavy atom. The van der Waals surface area contributed by atoms with Gasteiger partial charge in [0.1, 0.15) is 28.9 Å². The van der Waals surface area contributed by atoms with Gasteiger partial charge in [-0.2, -0.15) is 5.10 Å². The van der Waals surface area contributed by atoms with E-state index in [1.807, 2.05) is 0 Å². The monoisotopic (exact) mass is 486 g/mol. The molecule has 1 unspecified atom stereocenters. The molecule has 2 aromatic carbocycles. The standard InChI is InChI=1S/C20H15ClF4N4O4/c1-10(28-17(19(24)25)9-16(27-28)18(22)23)20(30)26-12-6-13(29(31)32)8-15(7-12)33-14-4-2-11(21)3-5-14/h2-10,18-19H,1H3,(H,26,30). The number of hydrogen-bond acceptors (Lipinski definition) is 5. The number of anilines is 1. The van der Waals surface area contributed by atoms with Gasteiger partial charge in [-0.25, -0.2) is 17.6 Å². The number of non-ortho nitro benzene ring substituents is 1. The van der Waals surface area contributed by atoms with Gasteiger partial charge in [0.25, 0.3) is 18.5 Å². The summed E-state index contributed by atoms with van der Waals surface area (Å²) in [6.07, 6.45) is -6.26. The third-order valence-electron chi connectivity index (χ3n) is 4.40. The van der Waals surface area contributed by atoms with Crippen LogP contribution in [0.1, 0.15) is 37.2 Å². The van der Waals surface area contributed by atoms with Crippen molar-refractivity contribution in [2.75, 3.05) is 5.32 Å². The van der Waals surface area contributed by atoms with Crippen LogP contribution in [0.3, 0.4) is 0 Å². The molecule has 1 N–H and O–H groups in total. The zero-order valence-corrected chi connectivity index (χ0v) is 17.5. The van der Waals surface area contributed by atoms with E-state index < -0.39 is 46.8 Å². The first-order chi connectivity index (χ1) is 15.5. The number of halogens is 5. The number of nitro groups is 1. The van der Waals surface area contributed by atoms with Gasteiger partial charge < -0.3 is 10.1 Å². The van der Waals surface area contributed by atoms with Crippen LogP contribution in [-0.4, -0.2) is 20.6 Å². The van der Waals surface area contributed by atoms with Crippen molar-refractivity contribution in [1.82, 2.24) is 9.78 Å². The lowest BCUT2D eigenvalue weighted by molar-refractivity contribution is -0.384. The first-order valence-electron chi connectivity index (χ1n) is 9.24. The maximum Gasteiger partial charge on any atom is 0.282 e. The Morgan fingerprint density at radius 1 is 1.09 bits per heavy atom. The summed E-state index contributed by atoms with van der Waals surface area (Å²) in [7, 11) is 0. The van der Waals surface area contributed by atoms with Gasteiger partial charge in [-0.15, -0.1) is 0 Å². The summed E-state index contributed by atoms with van der Waals surface area (Å²) in [5.74, 6) is -0.608. The number of aromatic nitrogens is 2. The molecular weight excluding hydrogens is 472 g/mol. The fraction of sp³-hybridized carbons (Fsp3) is 0.200. The average Bonchev–Trinajstić information content (AvgIpc) is 3.21. The van der Waals surface area contributed by atoms with Crippen molar-refractivity contribution < 1.29 is 32.0 Å². The molecule has 0 aliphatic heterocycles. The Morgan fingerprint density at radius 2 is 1.76 bits per heavy atom. The number of carbonyl (C=O) groups is 1. The lowest BCUT2D eigenvalue weighted by atomic mass is 10.2. The first-order valence-corrected chi connectivity index (χ1v) is 9.62. The Labute approximate surface area is 188 Å². The van der Waals surface area contributed by atoms with Crippen LogP contribution in [-0.2, 0) is 4.79 Å². The molecule has 33 heavy (non-hydrogen) atoms. The van der Waals surface area contributed by atoms with E-state index in [-0.39, 0.29) is 11.4 Å². The van der Waals surface area contributed by atoms with Crippen molar-refractivity contribution in [2.24, 2.45) is 0 Å². The minimum absolute atomic E-state index is 0.00169. The zero-order valence-electron chi connectivity index (χ0n) is 16.7. The highest BCUT2D eigenvalue weighted by Crippen LogP contribution is 2.32. The number of nitro benzene ring substituents is 1. The largest absolute Gasteiger partial charge is 0.457 e. The number of amides is 1. The van der Waals surface area contributed by atoms with Crippen molar-refractivity contribution in [3.8, 4) is 11.5 Å². The normalized spacial score (nSPS) is 12.1. The van der Waals surface area contributed by atoms with Gasteiger partial charge >= 0.3 is 0 Å². The fourth-order valence-corrected chi connectivity index (χ4v) is 2.95. The van der Waals surface area contributed by atoms with Crippen LogP contribution < -0.4 is 10.1 Å². The van der Waals surface area contributed by atoms with Gasteiger partial charge in [0.05, 0.1) is 16.7 Å². The molecule has 0 aliphatic carbocycles. The third-order valence-corrected chi connectivity index (χ3v) is 4.65. The number of benzene rings is 2. The fourth-order valence-electron chi connectivity index (χ4n) is 2.82. The Hall–Kier alpha value is -3.67. The van der Waals surface area contributed by atoms with Crippen molar-refractivity contribution >= 4 is 28.9 Å². The second kappa shape index (κ2) is 9.86. The maximum atomic E-state index is 13.2. The molecule has 1 heterocycles. The van der Waals surface area contributed by atoms with Gasteiger partial charge in [-0.1, -0.05) is 11.6 Å². The minimum Gasteiger partial charge on any atom is -0.457 e. The highest BCUT2D eigenvalue weighted by molar-refractivity contribution is 6.30. The van der Waals surface area contributed by atoms with E-state index in [4.69, 9.17) is 16.3 Å². The molecule has 1 aromatic heterocycles. The molecule has 174 valence electrons. The highest BCUT2D eigenvalue weighted by atomic mass is 35.5. The summed E-state index contributed by atoms with van der Waals surface area (Å²) in [4.78, 5) is 23.2. The molecule has 0 bridgehead atoms. The minimum atomic E-state index is -3.16. The predicted molar refractivity (Wildman–Crippen MR) is 110 cm³/mol. The Kier molecular flexibility index (Phi) is 7.16. The highest BCUT2D eigenvalue weighted by Gasteiger charge is 2.27. The van der Waals surface area contributed by atoms with Crippen LogP contribution in [0.4, 0.5) is 28.9 Å². The lowest BCUT2D eigenvalue weighted by Gasteiger charge is -2.16. The first kappa shape index (κ1) is 24.0. The van der Waals surface area contributed by atoms with Gasteiger partial charge in [0, 0.05) is 17.2 Å². The van der Waals surface area contributed by atoms with Crippen LogP contribution in [0.15, 0.2) is 48.5 Å². The second-order valence-corrected chi connectivity index (χ2v) is 7.17. The van der Waals surface area contributed by atoms with E-state index in [1.165, 1.54) is 37.3 Å². The van der Waals surface area contributed by atoms with Gasteiger partial charge in [0.15, 0.2) is 0 Å². The quantitative estimate of drug-likeness (QED) is 0.228. The summed E-state index contributed by atoms with van der Waals surface area (Å²) in [5.41, 5.74) is -2.26. The summed E-state index contributed by atoms with van der Waals surface area (Å²) < 4.78 is 58.3. The summed E-state index contributed by atoms with van der Waals surface area (Å²) >= 11 is 5.81. The average molecular weight is 487 g/mol. The van der Waals surface area contributed by atoms with E-state index in [9.17, 15) is 32.5 Å². The van der Waals surface area contributed by atoms with E-state index in [0.29, 0.717) is 21.5 Å². The number of carbonyl (C=O) groups excluding carboxylic acids is 1. The predicted octanol–water partition coefficient (Wildman–Crippen LogP) is 6.31. The molecule has 0 saturated carbocycles. The SMILES string of the molecule is CC(C(=O)Nc1cc(Oc2ccc(Cl)cc2)cc([N+](=O)[O-])c1)n1nc(C(F)F)cc1C(F)F. The van der Waals surface area contributed by atoms with Crippen LogP contribution in [0.25, 0.3) is 0 Å². The molecule has 0 fully saturated rings. The molecule has 1 atom stereocenters. The van der Waals surface area contributed by atoms with Crippen LogP contribution in [0, 0.1) is 10.1 Å². The zero-order chi connectivity index (χ0) is 24.3.